The van der Waals surface area contributed by atoms with Crippen molar-refractivity contribution in [2.75, 3.05) is 13.1 Å². The van der Waals surface area contributed by atoms with Gasteiger partial charge in [0.05, 0.1) is 38.3 Å². The van der Waals surface area contributed by atoms with Gasteiger partial charge in [-0.3, -0.25) is 47.6 Å². The SMILES string of the molecule is CC(C)OC(=O)[C@H](C)N.[2H]C([2H])(OP(=O)(N[C@@H](C)C(=O)OC(C)C)N[C@@H](C)C(=O)OC(C)C)[C@H]1O[C@@H](n2ccc(=O)[nH]c2=O)[C@](C)(F)[C@@H]1O.[2H]c1cn([C@@H]2O[C@H](C([2H])([2H])O)[C@@H](O)[C@@]2(C)O)c(=O)[nH]c1=O. The predicted molar refractivity (Wildman–Crippen MR) is 226 cm³/mol. The lowest BCUT2D eigenvalue weighted by Crippen LogP contribution is -2.46. The van der Waals surface area contributed by atoms with Crippen LogP contribution in [0.1, 0.15) is 95.5 Å². The average Bonchev–Trinajstić information content (AvgIpc) is 3.58. The lowest BCUT2D eigenvalue weighted by atomic mass is 9.96. The predicted octanol–water partition coefficient (Wildman–Crippen LogP) is -1.67. The van der Waals surface area contributed by atoms with E-state index in [1.807, 2.05) is 9.97 Å². The quantitative estimate of drug-likeness (QED) is 0.0516. The number of aromatic amines is 2. The number of nitrogens with one attached hydrogen (secondary N) is 4. The Hall–Kier alpha value is -4.47. The summed E-state index contributed by atoms with van der Waals surface area (Å²) < 4.78 is 99.8. The first kappa shape index (κ1) is 48.5. The Morgan fingerprint density at radius 3 is 1.71 bits per heavy atom. The smallest absolute Gasteiger partial charge is 0.342 e. The van der Waals surface area contributed by atoms with Crippen molar-refractivity contribution < 1.29 is 78.8 Å². The first-order valence-electron chi connectivity index (χ1n) is 22.4. The maximum atomic E-state index is 15.7. The van der Waals surface area contributed by atoms with Gasteiger partial charge in [0.2, 0.25) is 0 Å². The van der Waals surface area contributed by atoms with Crippen molar-refractivity contribution in [3.05, 3.63) is 66.2 Å². The zero-order valence-corrected chi connectivity index (χ0v) is 38.4. The Labute approximate surface area is 379 Å². The molecule has 0 aromatic carbocycles. The van der Waals surface area contributed by atoms with E-state index in [0.29, 0.717) is 9.13 Å². The number of aromatic nitrogens is 4. The van der Waals surface area contributed by atoms with Crippen molar-refractivity contribution in [3.8, 4) is 0 Å². The summed E-state index contributed by atoms with van der Waals surface area (Å²) in [5.41, 5.74) is -3.56. The van der Waals surface area contributed by atoms with Crippen LogP contribution in [-0.4, -0.2) is 143 Å². The summed E-state index contributed by atoms with van der Waals surface area (Å²) in [6.07, 6.45) is -11.1. The van der Waals surface area contributed by atoms with Gasteiger partial charge in [-0.1, -0.05) is 0 Å². The largest absolute Gasteiger partial charge is 0.462 e. The highest BCUT2D eigenvalue weighted by Gasteiger charge is 2.56. The van der Waals surface area contributed by atoms with Crippen LogP contribution in [0.5, 0.6) is 0 Å². The minimum Gasteiger partial charge on any atom is -0.462 e. The standard InChI is InChI=1S/C22H36FN4O10P.C10H14N2O6.C6H13NO2/c1-11(2)35-18(30)13(5)25-38(33,26-14(6)19(31)36-12(3)4)34-10-15-17(29)22(7,23)20(37-15)27-9-8-16(28)24-21(27)32;1-10(17)7(15)5(4-13)18-8(10)12-3-2-6(14)11-9(12)16;1-4(2)9-6(8)5(3)7/h8-9,11-15,17,20,29H,10H2,1-7H3,(H,24,28,32)(H2,25,26,33);2-3,5,7-8,13,15,17H,4H2,1H3,(H,11,14,16);4-5H,7H2,1-3H3/t13-,14-,15+,17+,20+,22+;5-,7-,8-,10-;5-/m010/s1/i10D2;2D,4D2;. The lowest BCUT2D eigenvalue weighted by Gasteiger charge is -2.28. The molecule has 2 aliphatic heterocycles. The van der Waals surface area contributed by atoms with Crippen LogP contribution in [0.25, 0.3) is 0 Å². The molecule has 370 valence electrons. The normalized spacial score (nSPS) is 28.2. The van der Waals surface area contributed by atoms with Gasteiger partial charge in [0.15, 0.2) is 18.1 Å². The van der Waals surface area contributed by atoms with Crippen molar-refractivity contribution in [2.24, 2.45) is 5.73 Å². The molecule has 0 bridgehead atoms. The Morgan fingerprint density at radius 2 is 1.28 bits per heavy atom. The minimum atomic E-state index is -4.78. The monoisotopic (exact) mass is 960 g/mol. The molecular weight excluding hydrogens is 892 g/mol. The topological polar surface area (TPSA) is 364 Å². The second kappa shape index (κ2) is 23.8. The molecule has 11 atom stereocenters. The van der Waals surface area contributed by atoms with Crippen molar-refractivity contribution >= 4 is 25.6 Å². The third-order valence-corrected chi connectivity index (χ3v) is 10.5. The number of H-pyrrole nitrogens is 2. The molecule has 2 aromatic rings. The maximum Gasteiger partial charge on any atom is 0.342 e. The molecule has 2 fully saturated rings. The number of nitrogens with zero attached hydrogens (tertiary/aromatic N) is 2. The van der Waals surface area contributed by atoms with Gasteiger partial charge in [-0.05, 0) is 76.2 Å². The van der Waals surface area contributed by atoms with E-state index in [2.05, 4.69) is 10.2 Å². The molecule has 2 aromatic heterocycles. The number of hydrogen-bond donors (Lipinski definition) is 9. The maximum absolute atomic E-state index is 15.7. The lowest BCUT2D eigenvalue weighted by molar-refractivity contribution is -0.149. The van der Waals surface area contributed by atoms with Crippen LogP contribution in [0, 0.1) is 0 Å². The Balaban J connectivity index is 0.000000461. The fourth-order valence-electron chi connectivity index (χ4n) is 5.48. The van der Waals surface area contributed by atoms with E-state index < -0.39 is 140 Å². The van der Waals surface area contributed by atoms with Crippen molar-refractivity contribution in [2.45, 2.75) is 161 Å². The molecule has 0 unspecified atom stereocenters. The van der Waals surface area contributed by atoms with Crippen molar-refractivity contribution in [3.63, 3.8) is 0 Å². The molecule has 4 rings (SSSR count). The Kier molecular flexibility index (Phi) is 17.8. The Bertz CT molecular complexity index is 2400. The second-order valence-corrected chi connectivity index (χ2v) is 17.7. The summed E-state index contributed by atoms with van der Waals surface area (Å²) in [5, 5.41) is 44.7. The van der Waals surface area contributed by atoms with Crippen molar-refractivity contribution in [1.29, 1.82) is 0 Å². The number of esters is 3. The minimum absolute atomic E-state index is 0.0662. The van der Waals surface area contributed by atoms with Gasteiger partial charge in [-0.2, -0.15) is 0 Å². The number of rotatable bonds is 16. The third kappa shape index (κ3) is 15.8. The fourth-order valence-corrected chi connectivity index (χ4v) is 7.14. The number of alkyl halides is 1. The third-order valence-electron chi connectivity index (χ3n) is 8.72. The Morgan fingerprint density at radius 1 is 0.831 bits per heavy atom. The van der Waals surface area contributed by atoms with Gasteiger partial charge in [0.1, 0.15) is 48.1 Å². The van der Waals surface area contributed by atoms with Crippen LogP contribution in [0.15, 0.2) is 43.7 Å². The summed E-state index contributed by atoms with van der Waals surface area (Å²) in [5.74, 6) is -2.11. The number of carbonyl (C=O) groups excluding carboxylic acids is 3. The van der Waals surface area contributed by atoms with E-state index in [1.54, 1.807) is 48.5 Å². The molecule has 0 radical (unpaired) electrons. The zero-order chi connectivity index (χ0) is 54.4. The number of ether oxygens (including phenoxy) is 5. The van der Waals surface area contributed by atoms with Crippen LogP contribution in [-0.2, 0) is 47.2 Å². The number of aliphatic hydroxyl groups excluding tert-OH is 2. The zero-order valence-electron chi connectivity index (χ0n) is 42.5. The van der Waals surface area contributed by atoms with Gasteiger partial charge >= 0.3 is 37.0 Å². The van der Waals surface area contributed by atoms with Crippen LogP contribution in [0.3, 0.4) is 0 Å². The van der Waals surface area contributed by atoms with Crippen LogP contribution < -0.4 is 38.4 Å². The molecule has 2 aliphatic rings. The fraction of sp³-hybridized carbons (Fsp3) is 0.711. The van der Waals surface area contributed by atoms with Crippen LogP contribution >= 0.6 is 7.67 Å². The van der Waals surface area contributed by atoms with Gasteiger partial charge < -0.3 is 54.4 Å². The van der Waals surface area contributed by atoms with Gasteiger partial charge in [0, 0.05) is 24.5 Å². The van der Waals surface area contributed by atoms with E-state index in [4.69, 9.17) is 40.8 Å². The van der Waals surface area contributed by atoms with E-state index in [9.17, 15) is 58.6 Å². The van der Waals surface area contributed by atoms with Gasteiger partial charge in [0.25, 0.3) is 11.1 Å². The average molecular weight is 961 g/mol. The number of nitrogens with two attached hydrogens (primary N) is 1. The van der Waals surface area contributed by atoms with E-state index in [0.717, 1.165) is 32.3 Å². The summed E-state index contributed by atoms with van der Waals surface area (Å²) in [4.78, 5) is 85.6. The summed E-state index contributed by atoms with van der Waals surface area (Å²) in [6.45, 7) is 9.62. The highest BCUT2D eigenvalue weighted by molar-refractivity contribution is 7.54. The molecule has 25 nitrogen and oxygen atoms in total. The number of halogens is 1. The summed E-state index contributed by atoms with van der Waals surface area (Å²) in [6, 6.07) is -2.93. The number of carbonyl (C=O) groups is 3. The van der Waals surface area contributed by atoms with Crippen LogP contribution in [0.4, 0.5) is 4.39 Å². The first-order chi connectivity index (χ1) is 31.7. The van der Waals surface area contributed by atoms with Crippen LogP contribution in [0.2, 0.25) is 0 Å². The number of hydrogen-bond acceptors (Lipinski definition) is 19. The molecule has 10 N–H and O–H groups in total. The molecule has 4 heterocycles. The molecule has 65 heavy (non-hydrogen) atoms. The number of aliphatic hydroxyl groups is 4. The first-order valence-corrected chi connectivity index (χ1v) is 21.5. The van der Waals surface area contributed by atoms with Gasteiger partial charge in [-0.15, -0.1) is 0 Å². The molecule has 0 saturated carbocycles. The summed E-state index contributed by atoms with van der Waals surface area (Å²) >= 11 is 0. The van der Waals surface area contributed by atoms with E-state index in [-0.39, 0.29) is 12.1 Å². The van der Waals surface area contributed by atoms with E-state index in [1.165, 1.54) is 13.8 Å². The highest BCUT2D eigenvalue weighted by Crippen LogP contribution is 2.44. The molecular formula is C38H63FN7O18P. The van der Waals surface area contributed by atoms with Gasteiger partial charge in [-0.25, -0.2) is 24.2 Å². The van der Waals surface area contributed by atoms with Crippen molar-refractivity contribution in [1.82, 2.24) is 29.3 Å². The highest BCUT2D eigenvalue weighted by atomic mass is 31.2. The molecule has 0 aliphatic carbocycles. The van der Waals surface area contributed by atoms with E-state index >= 15 is 4.39 Å². The second-order valence-electron chi connectivity index (χ2n) is 15.9. The molecule has 27 heteroatoms. The molecule has 0 amide bonds. The molecule has 2 saturated heterocycles. The summed E-state index contributed by atoms with van der Waals surface area (Å²) in [7, 11) is -4.78. The molecule has 0 spiro atoms.